The first-order valence-electron chi connectivity index (χ1n) is 7.28. The lowest BCUT2D eigenvalue weighted by Crippen LogP contribution is -2.21. The average molecular weight is 366 g/mol. The third kappa shape index (κ3) is 5.75. The van der Waals surface area contributed by atoms with Crippen molar-refractivity contribution >= 4 is 35.0 Å². The molecule has 2 rings (SSSR count). The normalized spacial score (nSPS) is 10.4. The molecule has 0 fully saturated rings. The molecule has 8 heteroatoms. The topological polar surface area (TPSA) is 67.4 Å². The van der Waals surface area contributed by atoms with Crippen LogP contribution in [-0.4, -0.2) is 31.3 Å². The quantitative estimate of drug-likeness (QED) is 0.576. The molecule has 0 saturated heterocycles. The van der Waals surface area contributed by atoms with Crippen molar-refractivity contribution in [1.29, 1.82) is 0 Å². The standard InChI is InChI=1S/C17H16F2N2O3S/c1-20-14-5-3-2-4-13(14)16(23)24-10-15(22)21-11-6-8-12(9-7-11)25-17(18)19/h2-9,17,20H,10H2,1H3,(H,21,22). The van der Waals surface area contributed by atoms with Gasteiger partial charge in [-0.1, -0.05) is 23.9 Å². The van der Waals surface area contributed by atoms with Gasteiger partial charge in [0.2, 0.25) is 0 Å². The maximum atomic E-state index is 12.2. The number of amides is 1. The third-order valence-corrected chi connectivity index (χ3v) is 3.84. The number of benzene rings is 2. The van der Waals surface area contributed by atoms with Gasteiger partial charge < -0.3 is 15.4 Å². The van der Waals surface area contributed by atoms with Crippen LogP contribution in [-0.2, 0) is 9.53 Å². The van der Waals surface area contributed by atoms with Crippen LogP contribution in [0.1, 0.15) is 10.4 Å². The minimum absolute atomic E-state index is 0.325. The zero-order valence-corrected chi connectivity index (χ0v) is 14.1. The van der Waals surface area contributed by atoms with Crippen LogP contribution in [0.3, 0.4) is 0 Å². The summed E-state index contributed by atoms with van der Waals surface area (Å²) >= 11 is 0.420. The lowest BCUT2D eigenvalue weighted by atomic mass is 10.2. The maximum absolute atomic E-state index is 12.2. The summed E-state index contributed by atoms with van der Waals surface area (Å²) in [7, 11) is 1.68. The number of alkyl halides is 2. The molecule has 2 N–H and O–H groups in total. The largest absolute Gasteiger partial charge is 0.452 e. The zero-order chi connectivity index (χ0) is 18.2. The molecule has 0 aromatic heterocycles. The van der Waals surface area contributed by atoms with Crippen molar-refractivity contribution in [2.24, 2.45) is 0 Å². The highest BCUT2D eigenvalue weighted by atomic mass is 32.2. The Kier molecular flexibility index (Phi) is 6.76. The number of carbonyl (C=O) groups excluding carboxylic acids is 2. The minimum atomic E-state index is -2.50. The van der Waals surface area contributed by atoms with Gasteiger partial charge >= 0.3 is 5.97 Å². The molecule has 1 amide bonds. The van der Waals surface area contributed by atoms with Gasteiger partial charge in [-0.3, -0.25) is 4.79 Å². The highest BCUT2D eigenvalue weighted by molar-refractivity contribution is 7.99. The fourth-order valence-electron chi connectivity index (χ4n) is 2.00. The van der Waals surface area contributed by atoms with Crippen molar-refractivity contribution in [1.82, 2.24) is 0 Å². The van der Waals surface area contributed by atoms with Crippen LogP contribution in [0.15, 0.2) is 53.4 Å². The van der Waals surface area contributed by atoms with Gasteiger partial charge in [0.15, 0.2) is 6.61 Å². The molecule has 0 atom stereocenters. The van der Waals surface area contributed by atoms with Gasteiger partial charge in [-0.2, -0.15) is 8.78 Å². The van der Waals surface area contributed by atoms with Gasteiger partial charge in [0.25, 0.3) is 11.7 Å². The second kappa shape index (κ2) is 9.03. The van der Waals surface area contributed by atoms with Crippen LogP contribution >= 0.6 is 11.8 Å². The number of thioether (sulfide) groups is 1. The highest BCUT2D eigenvalue weighted by Gasteiger charge is 2.13. The van der Waals surface area contributed by atoms with Crippen LogP contribution < -0.4 is 10.6 Å². The third-order valence-electron chi connectivity index (χ3n) is 3.11. The smallest absolute Gasteiger partial charge is 0.340 e. The Morgan fingerprint density at radius 3 is 2.44 bits per heavy atom. The lowest BCUT2D eigenvalue weighted by molar-refractivity contribution is -0.119. The number of esters is 1. The number of carbonyl (C=O) groups is 2. The molecule has 0 bridgehead atoms. The molecule has 0 spiro atoms. The van der Waals surface area contributed by atoms with E-state index in [2.05, 4.69) is 10.6 Å². The van der Waals surface area contributed by atoms with Crippen molar-refractivity contribution in [3.8, 4) is 0 Å². The number of ether oxygens (including phenoxy) is 1. The summed E-state index contributed by atoms with van der Waals surface area (Å²) in [5.41, 5.74) is 1.35. The van der Waals surface area contributed by atoms with Crippen molar-refractivity contribution in [2.75, 3.05) is 24.3 Å². The fourth-order valence-corrected chi connectivity index (χ4v) is 2.50. The van der Waals surface area contributed by atoms with E-state index >= 15 is 0 Å². The Balaban J connectivity index is 1.87. The number of hydrogen-bond donors (Lipinski definition) is 2. The van der Waals surface area contributed by atoms with Gasteiger partial charge in [0.05, 0.1) is 5.56 Å². The van der Waals surface area contributed by atoms with Gasteiger partial charge in [-0.15, -0.1) is 0 Å². The Hall–Kier alpha value is -2.61. The van der Waals surface area contributed by atoms with Crippen molar-refractivity contribution in [2.45, 2.75) is 10.7 Å². The first-order chi connectivity index (χ1) is 12.0. The predicted molar refractivity (Wildman–Crippen MR) is 93.2 cm³/mol. The summed E-state index contributed by atoms with van der Waals surface area (Å²) in [6.45, 7) is -0.454. The van der Waals surface area contributed by atoms with E-state index < -0.39 is 24.2 Å². The molecule has 0 aliphatic rings. The highest BCUT2D eigenvalue weighted by Crippen LogP contribution is 2.26. The van der Waals surface area contributed by atoms with Crippen molar-refractivity contribution in [3.63, 3.8) is 0 Å². The summed E-state index contributed by atoms with van der Waals surface area (Å²) in [6.07, 6.45) is 0. The van der Waals surface area contributed by atoms with Crippen LogP contribution in [0, 0.1) is 0 Å². The molecular weight excluding hydrogens is 350 g/mol. The van der Waals surface area contributed by atoms with E-state index in [1.165, 1.54) is 24.3 Å². The second-order valence-electron chi connectivity index (χ2n) is 4.82. The molecule has 0 unspecified atom stereocenters. The van der Waals surface area contributed by atoms with Gasteiger partial charge in [-0.25, -0.2) is 4.79 Å². The Bertz CT molecular complexity index is 739. The van der Waals surface area contributed by atoms with Crippen LogP contribution in [0.2, 0.25) is 0 Å². The Morgan fingerprint density at radius 1 is 1.12 bits per heavy atom. The zero-order valence-electron chi connectivity index (χ0n) is 13.3. The molecule has 132 valence electrons. The summed E-state index contributed by atoms with van der Waals surface area (Å²) < 4.78 is 29.5. The summed E-state index contributed by atoms with van der Waals surface area (Å²) in [5.74, 6) is -3.64. The Morgan fingerprint density at radius 2 is 1.80 bits per heavy atom. The minimum Gasteiger partial charge on any atom is -0.452 e. The molecule has 2 aromatic rings. The number of rotatable bonds is 7. The fraction of sp³-hybridized carbons (Fsp3) is 0.176. The van der Waals surface area contributed by atoms with Crippen LogP contribution in [0.4, 0.5) is 20.2 Å². The molecule has 0 aliphatic carbocycles. The number of anilines is 2. The molecule has 5 nitrogen and oxygen atoms in total. The van der Waals surface area contributed by atoms with E-state index in [9.17, 15) is 18.4 Å². The molecule has 0 aliphatic heterocycles. The van der Waals surface area contributed by atoms with E-state index in [0.717, 1.165) is 0 Å². The Labute approximate surface area is 147 Å². The molecule has 0 saturated carbocycles. The SMILES string of the molecule is CNc1ccccc1C(=O)OCC(=O)Nc1ccc(SC(F)F)cc1. The summed E-state index contributed by atoms with van der Waals surface area (Å²) in [4.78, 5) is 24.2. The first kappa shape index (κ1) is 18.7. The van der Waals surface area contributed by atoms with E-state index in [4.69, 9.17) is 4.74 Å². The number of nitrogens with one attached hydrogen (secondary N) is 2. The van der Waals surface area contributed by atoms with Crippen LogP contribution in [0.25, 0.3) is 0 Å². The van der Waals surface area contributed by atoms with Gasteiger partial charge in [0, 0.05) is 23.3 Å². The summed E-state index contributed by atoms with van der Waals surface area (Å²) in [6, 6.07) is 12.7. The molecule has 0 heterocycles. The lowest BCUT2D eigenvalue weighted by Gasteiger charge is -2.09. The van der Waals surface area contributed by atoms with E-state index in [1.807, 2.05) is 0 Å². The maximum Gasteiger partial charge on any atom is 0.340 e. The van der Waals surface area contributed by atoms with Crippen molar-refractivity contribution in [3.05, 3.63) is 54.1 Å². The predicted octanol–water partition coefficient (Wildman–Crippen LogP) is 3.84. The molecule has 2 aromatic carbocycles. The number of para-hydroxylation sites is 1. The van der Waals surface area contributed by atoms with Crippen LogP contribution in [0.5, 0.6) is 0 Å². The molecule has 0 radical (unpaired) electrons. The second-order valence-corrected chi connectivity index (χ2v) is 5.89. The van der Waals surface area contributed by atoms with E-state index in [0.29, 0.717) is 33.6 Å². The number of halogens is 2. The van der Waals surface area contributed by atoms with E-state index in [-0.39, 0.29) is 0 Å². The first-order valence-corrected chi connectivity index (χ1v) is 8.16. The molecular formula is C17H16F2N2O3S. The van der Waals surface area contributed by atoms with Gasteiger partial charge in [-0.05, 0) is 36.4 Å². The summed E-state index contributed by atoms with van der Waals surface area (Å²) in [5, 5.41) is 5.40. The van der Waals surface area contributed by atoms with Crippen molar-refractivity contribution < 1.29 is 23.1 Å². The number of hydrogen-bond acceptors (Lipinski definition) is 5. The van der Waals surface area contributed by atoms with E-state index in [1.54, 1.807) is 31.3 Å². The van der Waals surface area contributed by atoms with Gasteiger partial charge in [0.1, 0.15) is 0 Å². The average Bonchev–Trinajstić information content (AvgIpc) is 2.61. The molecule has 25 heavy (non-hydrogen) atoms. The monoisotopic (exact) mass is 366 g/mol.